The molecule has 17 heavy (non-hydrogen) atoms. The fourth-order valence-corrected chi connectivity index (χ4v) is 1.69. The number of H-pyrrole nitrogens is 1. The summed E-state index contributed by atoms with van der Waals surface area (Å²) in [5.41, 5.74) is 3.72. The molecule has 0 bridgehead atoms. The van der Waals surface area contributed by atoms with Gasteiger partial charge in [0.15, 0.2) is 0 Å². The highest BCUT2D eigenvalue weighted by molar-refractivity contribution is 5.59. The summed E-state index contributed by atoms with van der Waals surface area (Å²) in [6.45, 7) is 4.04. The van der Waals surface area contributed by atoms with Gasteiger partial charge in [0.2, 0.25) is 0 Å². The van der Waals surface area contributed by atoms with E-state index in [4.69, 9.17) is 5.26 Å². The quantitative estimate of drug-likeness (QED) is 0.845. The maximum absolute atomic E-state index is 9.04. The first-order valence-corrected chi connectivity index (χ1v) is 5.46. The van der Waals surface area contributed by atoms with E-state index in [9.17, 15) is 0 Å². The maximum atomic E-state index is 9.04. The van der Waals surface area contributed by atoms with Crippen LogP contribution >= 0.6 is 0 Å². The Balaban J connectivity index is 2.24. The highest BCUT2D eigenvalue weighted by Crippen LogP contribution is 2.22. The predicted octanol–water partition coefficient (Wildman–Crippen LogP) is 2.76. The van der Waals surface area contributed by atoms with Crippen molar-refractivity contribution < 1.29 is 0 Å². The van der Waals surface area contributed by atoms with Gasteiger partial charge in [-0.2, -0.15) is 10.4 Å². The number of aromatic nitrogens is 2. The molecule has 2 rings (SSSR count). The minimum atomic E-state index is 0.114. The first-order chi connectivity index (χ1) is 8.20. The number of hydrogen-bond acceptors (Lipinski definition) is 3. The first-order valence-electron chi connectivity index (χ1n) is 5.46. The summed E-state index contributed by atoms with van der Waals surface area (Å²) in [7, 11) is 0. The normalized spacial score (nSPS) is 11.8. The van der Waals surface area contributed by atoms with E-state index in [1.54, 1.807) is 6.20 Å². The van der Waals surface area contributed by atoms with E-state index in [0.29, 0.717) is 5.56 Å². The number of nitrogens with one attached hydrogen (secondary N) is 2. The van der Waals surface area contributed by atoms with Gasteiger partial charge in [0.25, 0.3) is 0 Å². The number of aryl methyl sites for hydroxylation is 1. The number of benzene rings is 1. The molecule has 0 aliphatic carbocycles. The lowest BCUT2D eigenvalue weighted by molar-refractivity contribution is 0.885. The number of nitrogens with zero attached hydrogens (tertiary/aromatic N) is 2. The summed E-state index contributed by atoms with van der Waals surface area (Å²) in [5.74, 6) is 0. The van der Waals surface area contributed by atoms with Crippen molar-refractivity contribution in [3.63, 3.8) is 0 Å². The van der Waals surface area contributed by atoms with Crippen LogP contribution in [-0.4, -0.2) is 10.2 Å². The molecule has 0 aliphatic rings. The van der Waals surface area contributed by atoms with Crippen LogP contribution in [-0.2, 0) is 0 Å². The summed E-state index contributed by atoms with van der Waals surface area (Å²) in [4.78, 5) is 0. The molecule has 1 atom stereocenters. The van der Waals surface area contributed by atoms with E-state index >= 15 is 0 Å². The molecule has 0 aliphatic heterocycles. The van der Waals surface area contributed by atoms with E-state index in [1.165, 1.54) is 0 Å². The average molecular weight is 226 g/mol. The van der Waals surface area contributed by atoms with Crippen molar-refractivity contribution in [2.24, 2.45) is 0 Å². The first kappa shape index (κ1) is 11.2. The lowest BCUT2D eigenvalue weighted by Gasteiger charge is -2.15. The zero-order valence-electron chi connectivity index (χ0n) is 9.86. The summed E-state index contributed by atoms with van der Waals surface area (Å²) in [5, 5.41) is 19.1. The van der Waals surface area contributed by atoms with E-state index in [1.807, 2.05) is 38.2 Å². The number of anilines is 1. The van der Waals surface area contributed by atoms with Gasteiger partial charge in [-0.25, -0.2) is 0 Å². The van der Waals surface area contributed by atoms with Crippen LogP contribution in [0.1, 0.15) is 29.7 Å². The van der Waals surface area contributed by atoms with Gasteiger partial charge in [-0.15, -0.1) is 0 Å². The Morgan fingerprint density at radius 2 is 2.29 bits per heavy atom. The minimum absolute atomic E-state index is 0.114. The Labute approximate surface area is 100 Å². The largest absolute Gasteiger partial charge is 0.377 e. The fraction of sp³-hybridized carbons (Fsp3) is 0.231. The number of rotatable bonds is 3. The predicted molar refractivity (Wildman–Crippen MR) is 66.5 cm³/mol. The zero-order valence-corrected chi connectivity index (χ0v) is 9.86. The van der Waals surface area contributed by atoms with Crippen molar-refractivity contribution in [3.05, 3.63) is 47.3 Å². The maximum Gasteiger partial charge on any atom is 0.101 e. The Bertz CT molecular complexity index is 537. The average Bonchev–Trinajstić information content (AvgIpc) is 2.83. The standard InChI is InChI=1S/C13H14N4/c1-9-3-4-11(6-14)13(5-9)17-10(2)12-7-15-16-8-12/h3-5,7-8,10,17H,1-2H3,(H,15,16). The van der Waals surface area contributed by atoms with Crippen LogP contribution < -0.4 is 5.32 Å². The van der Waals surface area contributed by atoms with Gasteiger partial charge >= 0.3 is 0 Å². The molecule has 2 aromatic rings. The number of aromatic amines is 1. The van der Waals surface area contributed by atoms with Gasteiger partial charge in [0.1, 0.15) is 6.07 Å². The smallest absolute Gasteiger partial charge is 0.101 e. The van der Waals surface area contributed by atoms with Crippen molar-refractivity contribution in [2.75, 3.05) is 5.32 Å². The van der Waals surface area contributed by atoms with Crippen molar-refractivity contribution in [1.29, 1.82) is 5.26 Å². The highest BCUT2D eigenvalue weighted by atomic mass is 15.1. The summed E-state index contributed by atoms with van der Waals surface area (Å²) in [6.07, 6.45) is 3.62. The molecule has 0 spiro atoms. The molecule has 86 valence electrons. The zero-order chi connectivity index (χ0) is 12.3. The van der Waals surface area contributed by atoms with Gasteiger partial charge in [-0.05, 0) is 31.5 Å². The van der Waals surface area contributed by atoms with E-state index in [0.717, 1.165) is 16.8 Å². The van der Waals surface area contributed by atoms with Gasteiger partial charge in [0.05, 0.1) is 23.5 Å². The lowest BCUT2D eigenvalue weighted by atomic mass is 10.1. The SMILES string of the molecule is Cc1ccc(C#N)c(NC(C)c2cn[nH]c2)c1. The van der Waals surface area contributed by atoms with Crippen LogP contribution in [0.2, 0.25) is 0 Å². The topological polar surface area (TPSA) is 64.5 Å². The summed E-state index contributed by atoms with van der Waals surface area (Å²) >= 11 is 0. The molecule has 0 amide bonds. The summed E-state index contributed by atoms with van der Waals surface area (Å²) in [6, 6.07) is 8.05. The van der Waals surface area contributed by atoms with Crippen molar-refractivity contribution in [2.45, 2.75) is 19.9 Å². The Morgan fingerprint density at radius 3 is 2.94 bits per heavy atom. The third-order valence-electron chi connectivity index (χ3n) is 2.69. The van der Waals surface area contributed by atoms with Gasteiger partial charge in [0, 0.05) is 11.8 Å². The Morgan fingerprint density at radius 1 is 1.47 bits per heavy atom. The fourth-order valence-electron chi connectivity index (χ4n) is 1.69. The molecule has 4 heteroatoms. The van der Waals surface area contributed by atoms with Crippen LogP contribution in [0.3, 0.4) is 0 Å². The molecule has 0 saturated heterocycles. The minimum Gasteiger partial charge on any atom is -0.377 e. The third-order valence-corrected chi connectivity index (χ3v) is 2.69. The molecule has 4 nitrogen and oxygen atoms in total. The van der Waals surface area contributed by atoms with Crippen molar-refractivity contribution in [3.8, 4) is 6.07 Å². The van der Waals surface area contributed by atoms with Gasteiger partial charge in [-0.1, -0.05) is 6.07 Å². The third kappa shape index (κ3) is 2.45. The number of nitriles is 1. The molecular formula is C13H14N4. The molecule has 0 fully saturated rings. The van der Waals surface area contributed by atoms with E-state index < -0.39 is 0 Å². The second-order valence-electron chi connectivity index (χ2n) is 4.06. The Hall–Kier alpha value is -2.28. The van der Waals surface area contributed by atoms with Gasteiger partial charge in [-0.3, -0.25) is 5.10 Å². The molecule has 2 N–H and O–H groups in total. The molecule has 1 aromatic carbocycles. The van der Waals surface area contributed by atoms with Gasteiger partial charge < -0.3 is 5.32 Å². The molecule has 0 saturated carbocycles. The van der Waals surface area contributed by atoms with Crippen LogP contribution in [0.25, 0.3) is 0 Å². The molecular weight excluding hydrogens is 212 g/mol. The molecule has 0 radical (unpaired) electrons. The van der Waals surface area contributed by atoms with E-state index in [2.05, 4.69) is 21.6 Å². The highest BCUT2D eigenvalue weighted by Gasteiger charge is 2.09. The molecule has 1 unspecified atom stereocenters. The van der Waals surface area contributed by atoms with Crippen molar-refractivity contribution >= 4 is 5.69 Å². The second kappa shape index (κ2) is 4.71. The van der Waals surface area contributed by atoms with E-state index in [-0.39, 0.29) is 6.04 Å². The monoisotopic (exact) mass is 226 g/mol. The van der Waals surface area contributed by atoms with Crippen LogP contribution in [0.15, 0.2) is 30.6 Å². The van der Waals surface area contributed by atoms with Crippen molar-refractivity contribution in [1.82, 2.24) is 10.2 Å². The van der Waals surface area contributed by atoms with Crippen LogP contribution in [0.4, 0.5) is 5.69 Å². The molecule has 1 aromatic heterocycles. The number of hydrogen-bond donors (Lipinski definition) is 2. The molecule has 1 heterocycles. The second-order valence-corrected chi connectivity index (χ2v) is 4.06. The Kier molecular flexibility index (Phi) is 3.10. The summed E-state index contributed by atoms with van der Waals surface area (Å²) < 4.78 is 0. The van der Waals surface area contributed by atoms with Crippen LogP contribution in [0, 0.1) is 18.3 Å². The van der Waals surface area contributed by atoms with Crippen LogP contribution in [0.5, 0.6) is 0 Å². The lowest BCUT2D eigenvalue weighted by Crippen LogP contribution is -2.07.